The lowest BCUT2D eigenvalue weighted by Crippen LogP contribution is -2.31. The number of carbonyl (C=O) groups is 1. The van der Waals surface area contributed by atoms with Gasteiger partial charge in [0.05, 0.1) is 6.54 Å². The summed E-state index contributed by atoms with van der Waals surface area (Å²) in [6.07, 6.45) is 8.62. The van der Waals surface area contributed by atoms with Crippen LogP contribution in [0.4, 0.5) is 0 Å². The highest BCUT2D eigenvalue weighted by molar-refractivity contribution is 5.78. The first-order valence-electron chi connectivity index (χ1n) is 7.21. The molecule has 21 heavy (non-hydrogen) atoms. The van der Waals surface area contributed by atoms with Crippen molar-refractivity contribution < 1.29 is 4.79 Å². The summed E-state index contributed by atoms with van der Waals surface area (Å²) >= 11 is 0. The number of amides is 1. The predicted molar refractivity (Wildman–Crippen MR) is 79.7 cm³/mol. The van der Waals surface area contributed by atoms with E-state index in [4.69, 9.17) is 0 Å². The summed E-state index contributed by atoms with van der Waals surface area (Å²) in [6, 6.07) is 9.87. The van der Waals surface area contributed by atoms with E-state index in [1.807, 2.05) is 34.9 Å². The van der Waals surface area contributed by atoms with Gasteiger partial charge in [-0.2, -0.15) is 0 Å². The summed E-state index contributed by atoms with van der Waals surface area (Å²) < 4.78 is 1.89. The van der Waals surface area contributed by atoms with Crippen LogP contribution in [0.25, 0.3) is 5.69 Å². The molecular formula is C16H18N4O. The Morgan fingerprint density at radius 3 is 2.90 bits per heavy atom. The summed E-state index contributed by atoms with van der Waals surface area (Å²) in [6.45, 7) is 0.397. The topological polar surface area (TPSA) is 59.8 Å². The van der Waals surface area contributed by atoms with Crippen molar-refractivity contribution in [1.82, 2.24) is 20.1 Å². The predicted octanol–water partition coefficient (Wildman–Crippen LogP) is 2.24. The zero-order valence-corrected chi connectivity index (χ0v) is 11.8. The Kier molecular flexibility index (Phi) is 4.09. The molecule has 1 heterocycles. The molecule has 5 nitrogen and oxygen atoms in total. The quantitative estimate of drug-likeness (QED) is 0.875. The lowest BCUT2D eigenvalue weighted by molar-refractivity contribution is -0.125. The SMILES string of the molecule is O=C(NCc1nncn1-c1ccccc1)[C@H]1CC=CCC1. The van der Waals surface area contributed by atoms with E-state index in [1.54, 1.807) is 6.33 Å². The zero-order chi connectivity index (χ0) is 14.5. The highest BCUT2D eigenvalue weighted by Crippen LogP contribution is 2.18. The smallest absolute Gasteiger partial charge is 0.223 e. The molecule has 1 N–H and O–H groups in total. The third-order valence-corrected chi connectivity index (χ3v) is 3.71. The van der Waals surface area contributed by atoms with Gasteiger partial charge in [-0.25, -0.2) is 0 Å². The molecule has 1 aromatic heterocycles. The lowest BCUT2D eigenvalue weighted by Gasteiger charge is -2.17. The number of allylic oxidation sites excluding steroid dienone is 2. The third kappa shape index (κ3) is 3.18. The Morgan fingerprint density at radius 1 is 1.29 bits per heavy atom. The second kappa shape index (κ2) is 6.35. The summed E-state index contributed by atoms with van der Waals surface area (Å²) in [5.74, 6) is 0.922. The molecular weight excluding hydrogens is 264 g/mol. The Bertz CT molecular complexity index is 633. The Morgan fingerprint density at radius 2 is 2.14 bits per heavy atom. The number of carbonyl (C=O) groups excluding carboxylic acids is 1. The normalized spacial score (nSPS) is 17.6. The van der Waals surface area contributed by atoms with Crippen molar-refractivity contribution in [3.05, 3.63) is 54.6 Å². The summed E-state index contributed by atoms with van der Waals surface area (Å²) in [7, 11) is 0. The molecule has 1 aliphatic carbocycles. The second-order valence-electron chi connectivity index (χ2n) is 5.15. The van der Waals surface area contributed by atoms with Gasteiger partial charge in [-0.3, -0.25) is 9.36 Å². The molecule has 5 heteroatoms. The van der Waals surface area contributed by atoms with Crippen LogP contribution in [0, 0.1) is 5.92 Å². The molecule has 1 atom stereocenters. The average molecular weight is 282 g/mol. The minimum atomic E-state index is 0.0862. The van der Waals surface area contributed by atoms with Crippen molar-refractivity contribution in [3.8, 4) is 5.69 Å². The Hall–Kier alpha value is -2.43. The van der Waals surface area contributed by atoms with Crippen molar-refractivity contribution in [2.75, 3.05) is 0 Å². The maximum Gasteiger partial charge on any atom is 0.223 e. The molecule has 0 saturated heterocycles. The molecule has 0 aliphatic heterocycles. The van der Waals surface area contributed by atoms with Crippen LogP contribution in [0.15, 0.2) is 48.8 Å². The molecule has 0 unspecified atom stereocenters. The van der Waals surface area contributed by atoms with E-state index < -0.39 is 0 Å². The van der Waals surface area contributed by atoms with Gasteiger partial charge in [-0.05, 0) is 31.4 Å². The van der Waals surface area contributed by atoms with E-state index >= 15 is 0 Å². The van der Waals surface area contributed by atoms with E-state index in [9.17, 15) is 4.79 Å². The minimum Gasteiger partial charge on any atom is -0.349 e. The van der Waals surface area contributed by atoms with E-state index in [0.29, 0.717) is 6.54 Å². The van der Waals surface area contributed by atoms with E-state index in [1.165, 1.54) is 0 Å². The van der Waals surface area contributed by atoms with Gasteiger partial charge in [0, 0.05) is 11.6 Å². The monoisotopic (exact) mass is 282 g/mol. The van der Waals surface area contributed by atoms with Crippen LogP contribution in [0.3, 0.4) is 0 Å². The number of hydrogen-bond donors (Lipinski definition) is 1. The zero-order valence-electron chi connectivity index (χ0n) is 11.8. The molecule has 0 bridgehead atoms. The van der Waals surface area contributed by atoms with Crippen LogP contribution < -0.4 is 5.32 Å². The number of hydrogen-bond acceptors (Lipinski definition) is 3. The molecule has 1 aliphatic rings. The molecule has 0 spiro atoms. The maximum absolute atomic E-state index is 12.1. The molecule has 108 valence electrons. The van der Waals surface area contributed by atoms with Crippen LogP contribution in [0.1, 0.15) is 25.1 Å². The number of nitrogens with one attached hydrogen (secondary N) is 1. The molecule has 1 aromatic carbocycles. The van der Waals surface area contributed by atoms with E-state index in [-0.39, 0.29) is 11.8 Å². The fourth-order valence-electron chi connectivity index (χ4n) is 2.53. The maximum atomic E-state index is 12.1. The molecule has 0 radical (unpaired) electrons. The van der Waals surface area contributed by atoms with Crippen molar-refractivity contribution in [3.63, 3.8) is 0 Å². The van der Waals surface area contributed by atoms with Gasteiger partial charge in [0.1, 0.15) is 6.33 Å². The molecule has 3 rings (SSSR count). The van der Waals surface area contributed by atoms with E-state index in [0.717, 1.165) is 30.8 Å². The van der Waals surface area contributed by atoms with Gasteiger partial charge in [0.2, 0.25) is 5.91 Å². The second-order valence-corrected chi connectivity index (χ2v) is 5.15. The summed E-state index contributed by atoms with van der Waals surface area (Å²) in [4.78, 5) is 12.1. The van der Waals surface area contributed by atoms with Gasteiger partial charge in [-0.15, -0.1) is 10.2 Å². The first kappa shape index (κ1) is 13.5. The fourth-order valence-corrected chi connectivity index (χ4v) is 2.53. The number of para-hydroxylation sites is 1. The first-order valence-corrected chi connectivity index (χ1v) is 7.21. The molecule has 0 saturated carbocycles. The summed E-state index contributed by atoms with van der Waals surface area (Å²) in [5, 5.41) is 11.0. The van der Waals surface area contributed by atoms with Crippen molar-refractivity contribution in [1.29, 1.82) is 0 Å². The standard InChI is InChI=1S/C16H18N4O/c21-16(13-7-3-1-4-8-13)17-11-15-19-18-12-20(15)14-9-5-2-6-10-14/h1-3,5-6,9-10,12-13H,4,7-8,11H2,(H,17,21)/t13-/m0/s1. The lowest BCUT2D eigenvalue weighted by atomic mass is 9.94. The highest BCUT2D eigenvalue weighted by atomic mass is 16.1. The number of aromatic nitrogens is 3. The van der Waals surface area contributed by atoms with Crippen LogP contribution in [-0.4, -0.2) is 20.7 Å². The summed E-state index contributed by atoms with van der Waals surface area (Å²) in [5.41, 5.74) is 0.993. The van der Waals surface area contributed by atoms with Crippen LogP contribution in [-0.2, 0) is 11.3 Å². The first-order chi connectivity index (χ1) is 10.3. The molecule has 0 fully saturated rings. The molecule has 2 aromatic rings. The third-order valence-electron chi connectivity index (χ3n) is 3.71. The largest absolute Gasteiger partial charge is 0.349 e. The van der Waals surface area contributed by atoms with Crippen LogP contribution in [0.2, 0.25) is 0 Å². The van der Waals surface area contributed by atoms with Gasteiger partial charge in [0.25, 0.3) is 0 Å². The van der Waals surface area contributed by atoms with Crippen LogP contribution in [0.5, 0.6) is 0 Å². The van der Waals surface area contributed by atoms with Crippen molar-refractivity contribution in [2.24, 2.45) is 5.92 Å². The van der Waals surface area contributed by atoms with E-state index in [2.05, 4.69) is 27.7 Å². The van der Waals surface area contributed by atoms with Gasteiger partial charge < -0.3 is 5.32 Å². The van der Waals surface area contributed by atoms with Gasteiger partial charge in [0.15, 0.2) is 5.82 Å². The fraction of sp³-hybridized carbons (Fsp3) is 0.312. The number of benzene rings is 1. The Balaban J connectivity index is 1.65. The van der Waals surface area contributed by atoms with Crippen molar-refractivity contribution in [2.45, 2.75) is 25.8 Å². The number of rotatable bonds is 4. The van der Waals surface area contributed by atoms with Crippen LogP contribution >= 0.6 is 0 Å². The van der Waals surface area contributed by atoms with Gasteiger partial charge in [-0.1, -0.05) is 30.4 Å². The number of nitrogens with zero attached hydrogens (tertiary/aromatic N) is 3. The average Bonchev–Trinajstić information content (AvgIpc) is 3.03. The highest BCUT2D eigenvalue weighted by Gasteiger charge is 2.19. The Labute approximate surface area is 123 Å². The molecule has 1 amide bonds. The minimum absolute atomic E-state index is 0.0862. The van der Waals surface area contributed by atoms with Crippen molar-refractivity contribution >= 4 is 5.91 Å². The van der Waals surface area contributed by atoms with Gasteiger partial charge >= 0.3 is 0 Å².